The molecule has 5 rings (SSSR count). The number of nitrogens with one attached hydrogen (secondary N) is 3. The second-order valence-electron chi connectivity index (χ2n) is 9.73. The van der Waals surface area contributed by atoms with Crippen molar-refractivity contribution in [3.8, 4) is 11.1 Å². The summed E-state index contributed by atoms with van der Waals surface area (Å²) in [5.41, 5.74) is 6.39. The number of rotatable bonds is 5. The fourth-order valence-corrected chi connectivity index (χ4v) is 5.73. The number of benzene rings is 3. The molecule has 0 saturated carbocycles. The Balaban J connectivity index is 1.34. The van der Waals surface area contributed by atoms with Gasteiger partial charge in [-0.2, -0.15) is 4.98 Å². The average Bonchev–Trinajstić information content (AvgIpc) is 2.92. The van der Waals surface area contributed by atoms with Crippen LogP contribution in [0.1, 0.15) is 39.9 Å². The van der Waals surface area contributed by atoms with Gasteiger partial charge in [-0.1, -0.05) is 54.1 Å². The first-order valence-corrected chi connectivity index (χ1v) is 14.4. The van der Waals surface area contributed by atoms with Crippen molar-refractivity contribution in [2.24, 2.45) is 0 Å². The quantitative estimate of drug-likeness (QED) is 0.290. The van der Waals surface area contributed by atoms with E-state index in [-0.39, 0.29) is 10.7 Å². The molecule has 4 bridgehead atoms. The number of carbonyl (C=O) groups excluding carboxylic acids is 1. The lowest BCUT2D eigenvalue weighted by molar-refractivity contribution is 0.0982. The Bertz CT molecular complexity index is 1620. The predicted molar refractivity (Wildman–Crippen MR) is 154 cm³/mol. The van der Waals surface area contributed by atoms with Crippen molar-refractivity contribution < 1.29 is 13.2 Å². The number of aryl methyl sites for hydroxylation is 3. The normalized spacial score (nSPS) is 14.6. The summed E-state index contributed by atoms with van der Waals surface area (Å²) in [6.45, 7) is 4.84. The van der Waals surface area contributed by atoms with Gasteiger partial charge >= 0.3 is 0 Å². The number of aromatic nitrogens is 2. The zero-order valence-electron chi connectivity index (χ0n) is 22.0. The minimum Gasteiger partial charge on any atom is -0.369 e. The minimum atomic E-state index is -3.60. The third-order valence-corrected chi connectivity index (χ3v) is 8.17. The van der Waals surface area contributed by atoms with E-state index in [1.54, 1.807) is 30.5 Å². The van der Waals surface area contributed by atoms with Crippen LogP contribution in [-0.2, 0) is 16.4 Å². The Hall–Kier alpha value is -4.08. The van der Waals surface area contributed by atoms with Gasteiger partial charge in [-0.25, -0.2) is 18.1 Å². The molecule has 0 saturated heterocycles. The molecule has 0 unspecified atom stereocenters. The van der Waals surface area contributed by atoms with Crippen molar-refractivity contribution in [3.05, 3.63) is 95.2 Å². The van der Waals surface area contributed by atoms with Gasteiger partial charge in [0.2, 0.25) is 16.0 Å². The van der Waals surface area contributed by atoms with Gasteiger partial charge in [-0.05, 0) is 61.6 Å². The SMILES string of the molecule is Cc1ccc(C(=O)CCc2ccc(-c3cnc4nc3NCCCNS(=O)(=O)c3cccc(c3)N4)cc2)c(C)c1. The Morgan fingerprint density at radius 3 is 2.59 bits per heavy atom. The highest BCUT2D eigenvalue weighted by Gasteiger charge is 2.16. The molecule has 0 fully saturated rings. The molecule has 0 radical (unpaired) electrons. The molecule has 9 heteroatoms. The number of nitrogens with zero attached hydrogens (tertiary/aromatic N) is 2. The van der Waals surface area contributed by atoms with E-state index in [2.05, 4.69) is 25.3 Å². The Morgan fingerprint density at radius 1 is 0.974 bits per heavy atom. The van der Waals surface area contributed by atoms with Gasteiger partial charge in [-0.3, -0.25) is 4.79 Å². The fourth-order valence-electron chi connectivity index (χ4n) is 4.61. The number of ketones is 1. The number of Topliss-reactive ketones (excluding diaryl/α,β-unsaturated/α-hetero) is 1. The first-order valence-electron chi connectivity index (χ1n) is 13.0. The molecule has 39 heavy (non-hydrogen) atoms. The lowest BCUT2D eigenvalue weighted by Gasteiger charge is -2.13. The van der Waals surface area contributed by atoms with Gasteiger partial charge in [0.15, 0.2) is 5.78 Å². The van der Waals surface area contributed by atoms with Gasteiger partial charge in [0.05, 0.1) is 4.90 Å². The summed E-state index contributed by atoms with van der Waals surface area (Å²) < 4.78 is 27.8. The third kappa shape index (κ3) is 6.32. The van der Waals surface area contributed by atoms with Crippen molar-refractivity contribution >= 4 is 33.3 Å². The standard InChI is InChI=1S/C30H31N5O3S/c1-20-7-13-26(21(2)17-20)28(36)14-10-22-8-11-23(12-9-22)27-19-32-30-34-24-5-3-6-25(18-24)39(37,38)33-16-4-15-31-29(27)35-30/h3,5-9,11-13,17-19,33H,4,10,14-16H2,1-2H3,(H2,31,32,34,35). The molecule has 1 aliphatic heterocycles. The molecular weight excluding hydrogens is 510 g/mol. The first-order chi connectivity index (χ1) is 18.8. The van der Waals surface area contributed by atoms with Gasteiger partial charge in [-0.15, -0.1) is 0 Å². The summed E-state index contributed by atoms with van der Waals surface area (Å²) in [5, 5.41) is 6.45. The Labute approximate surface area is 229 Å². The maximum Gasteiger partial charge on any atom is 0.240 e. The Morgan fingerprint density at radius 2 is 1.79 bits per heavy atom. The van der Waals surface area contributed by atoms with Gasteiger partial charge in [0, 0.05) is 42.5 Å². The molecule has 8 nitrogen and oxygen atoms in total. The van der Waals surface area contributed by atoms with Crippen LogP contribution in [0.2, 0.25) is 0 Å². The lowest BCUT2D eigenvalue weighted by atomic mass is 9.97. The highest BCUT2D eigenvalue weighted by Crippen LogP contribution is 2.29. The summed E-state index contributed by atoms with van der Waals surface area (Å²) >= 11 is 0. The molecule has 3 aromatic carbocycles. The van der Waals surface area contributed by atoms with Crippen molar-refractivity contribution in [1.29, 1.82) is 0 Å². The number of fused-ring (bicyclic) bond motifs is 4. The largest absolute Gasteiger partial charge is 0.369 e. The van der Waals surface area contributed by atoms with E-state index in [1.165, 1.54) is 0 Å². The third-order valence-electron chi connectivity index (χ3n) is 6.72. The maximum absolute atomic E-state index is 12.8. The van der Waals surface area contributed by atoms with Crippen LogP contribution in [0.4, 0.5) is 17.5 Å². The number of anilines is 3. The van der Waals surface area contributed by atoms with E-state index >= 15 is 0 Å². The summed E-state index contributed by atoms with van der Waals surface area (Å²) in [6, 6.07) is 20.6. The Kier molecular flexibility index (Phi) is 7.72. The van der Waals surface area contributed by atoms with Crippen LogP contribution in [-0.4, -0.2) is 37.3 Å². The number of hydrogen-bond acceptors (Lipinski definition) is 7. The molecule has 1 aromatic heterocycles. The van der Waals surface area contributed by atoms with Crippen LogP contribution >= 0.6 is 0 Å². The van der Waals surface area contributed by atoms with E-state index < -0.39 is 10.0 Å². The van der Waals surface area contributed by atoms with Crippen LogP contribution in [0, 0.1) is 13.8 Å². The van der Waals surface area contributed by atoms with Crippen LogP contribution in [0.15, 0.2) is 77.8 Å². The molecule has 3 N–H and O–H groups in total. The average molecular weight is 542 g/mol. The van der Waals surface area contributed by atoms with Crippen molar-refractivity contribution in [1.82, 2.24) is 14.7 Å². The number of hydrogen-bond donors (Lipinski definition) is 3. The fraction of sp³-hybridized carbons (Fsp3) is 0.233. The van der Waals surface area contributed by atoms with Gasteiger partial charge in [0.1, 0.15) is 5.82 Å². The summed E-state index contributed by atoms with van der Waals surface area (Å²) in [5.74, 6) is 1.17. The van der Waals surface area contributed by atoms with Crippen LogP contribution < -0.4 is 15.4 Å². The predicted octanol–water partition coefficient (Wildman–Crippen LogP) is 5.41. The van der Waals surface area contributed by atoms with E-state index in [1.807, 2.05) is 56.3 Å². The zero-order chi connectivity index (χ0) is 27.4. The zero-order valence-corrected chi connectivity index (χ0v) is 22.8. The molecular formula is C30H31N5O3S. The molecule has 1 aliphatic rings. The topological polar surface area (TPSA) is 113 Å². The van der Waals surface area contributed by atoms with E-state index in [0.29, 0.717) is 49.8 Å². The first kappa shape index (κ1) is 26.5. The molecule has 0 amide bonds. The molecule has 0 aliphatic carbocycles. The summed E-state index contributed by atoms with van der Waals surface area (Å²) in [7, 11) is -3.60. The van der Waals surface area contributed by atoms with Crippen molar-refractivity contribution in [3.63, 3.8) is 0 Å². The lowest BCUT2D eigenvalue weighted by Crippen LogP contribution is -2.26. The molecule has 0 spiro atoms. The second kappa shape index (κ2) is 11.3. The van der Waals surface area contributed by atoms with Crippen molar-refractivity contribution in [2.75, 3.05) is 23.7 Å². The smallest absolute Gasteiger partial charge is 0.240 e. The van der Waals surface area contributed by atoms with E-state index in [9.17, 15) is 13.2 Å². The monoisotopic (exact) mass is 541 g/mol. The number of sulfonamides is 1. The highest BCUT2D eigenvalue weighted by molar-refractivity contribution is 7.89. The summed E-state index contributed by atoms with van der Waals surface area (Å²) in [6.07, 6.45) is 3.45. The minimum absolute atomic E-state index is 0.149. The van der Waals surface area contributed by atoms with E-state index in [0.717, 1.165) is 33.4 Å². The van der Waals surface area contributed by atoms with Gasteiger partial charge < -0.3 is 10.6 Å². The highest BCUT2D eigenvalue weighted by atomic mass is 32.2. The van der Waals surface area contributed by atoms with Crippen LogP contribution in [0.25, 0.3) is 11.1 Å². The van der Waals surface area contributed by atoms with Gasteiger partial charge in [0.25, 0.3) is 0 Å². The van der Waals surface area contributed by atoms with Crippen LogP contribution in [0.3, 0.4) is 0 Å². The van der Waals surface area contributed by atoms with Crippen LogP contribution in [0.5, 0.6) is 0 Å². The summed E-state index contributed by atoms with van der Waals surface area (Å²) in [4.78, 5) is 22.1. The molecule has 2 heterocycles. The van der Waals surface area contributed by atoms with Crippen molar-refractivity contribution in [2.45, 2.75) is 38.0 Å². The molecule has 4 aromatic rings. The molecule has 200 valence electrons. The maximum atomic E-state index is 12.8. The second-order valence-corrected chi connectivity index (χ2v) is 11.5. The number of carbonyl (C=O) groups is 1. The molecule has 0 atom stereocenters. The van der Waals surface area contributed by atoms with E-state index in [4.69, 9.17) is 0 Å².